The Balaban J connectivity index is 1.56. The van der Waals surface area contributed by atoms with Gasteiger partial charge >= 0.3 is 0 Å². The van der Waals surface area contributed by atoms with Crippen molar-refractivity contribution in [1.29, 1.82) is 0 Å². The lowest BCUT2D eigenvalue weighted by atomic mass is 10.0. The Morgan fingerprint density at radius 3 is 2.86 bits per heavy atom. The van der Waals surface area contributed by atoms with Gasteiger partial charge in [-0.05, 0) is 43.7 Å². The zero-order valence-electron chi connectivity index (χ0n) is 12.3. The Bertz CT molecular complexity index is 578. The van der Waals surface area contributed by atoms with Crippen LogP contribution in [0.25, 0.3) is 0 Å². The maximum Gasteiger partial charge on any atom is 0.123 e. The van der Waals surface area contributed by atoms with E-state index in [9.17, 15) is 4.39 Å². The molecule has 0 saturated carbocycles. The van der Waals surface area contributed by atoms with Gasteiger partial charge in [0.15, 0.2) is 0 Å². The largest absolute Gasteiger partial charge is 0.381 e. The number of aromatic nitrogens is 2. The van der Waals surface area contributed by atoms with Crippen molar-refractivity contribution in [2.24, 2.45) is 7.05 Å². The van der Waals surface area contributed by atoms with E-state index in [0.29, 0.717) is 6.04 Å². The average Bonchev–Trinajstić information content (AvgIpc) is 2.87. The predicted octanol–water partition coefficient (Wildman–Crippen LogP) is 2.64. The van der Waals surface area contributed by atoms with E-state index < -0.39 is 0 Å². The third-order valence-electron chi connectivity index (χ3n) is 3.89. The number of nitrogens with one attached hydrogen (secondary N) is 1. The van der Waals surface area contributed by atoms with Crippen LogP contribution in [0, 0.1) is 5.82 Å². The summed E-state index contributed by atoms with van der Waals surface area (Å²) in [5.74, 6) is -0.192. The van der Waals surface area contributed by atoms with Crippen LogP contribution in [0.1, 0.15) is 18.4 Å². The highest BCUT2D eigenvalue weighted by molar-refractivity contribution is 5.43. The normalized spacial score (nSPS) is 19.6. The summed E-state index contributed by atoms with van der Waals surface area (Å²) < 4.78 is 14.8. The zero-order chi connectivity index (χ0) is 14.7. The SMILES string of the molecule is Cn1cc(CN2CCC[C@@H](Nc3ccc(F)cc3)C2)cn1. The van der Waals surface area contributed by atoms with E-state index in [0.717, 1.165) is 31.7 Å². The van der Waals surface area contributed by atoms with Crippen LogP contribution >= 0.6 is 0 Å². The first-order valence-electron chi connectivity index (χ1n) is 7.41. The number of benzene rings is 1. The van der Waals surface area contributed by atoms with Crippen LogP contribution in [0.5, 0.6) is 0 Å². The van der Waals surface area contributed by atoms with Crippen LogP contribution in [0.3, 0.4) is 0 Å². The van der Waals surface area contributed by atoms with Crippen molar-refractivity contribution in [1.82, 2.24) is 14.7 Å². The van der Waals surface area contributed by atoms with E-state index in [-0.39, 0.29) is 5.82 Å². The fourth-order valence-electron chi connectivity index (χ4n) is 2.91. The minimum absolute atomic E-state index is 0.192. The summed E-state index contributed by atoms with van der Waals surface area (Å²) >= 11 is 0. The molecule has 0 unspecified atom stereocenters. The average molecular weight is 288 g/mol. The standard InChI is InChI=1S/C16H21FN4/c1-20-10-13(9-18-20)11-21-8-2-3-16(12-21)19-15-6-4-14(17)5-7-15/h4-7,9-10,16,19H,2-3,8,11-12H2,1H3/t16-/m1/s1. The van der Waals surface area contributed by atoms with Crippen LogP contribution in [-0.2, 0) is 13.6 Å². The molecule has 2 heterocycles. The monoisotopic (exact) mass is 288 g/mol. The van der Waals surface area contributed by atoms with Gasteiger partial charge in [0, 0.05) is 43.6 Å². The minimum atomic E-state index is -0.192. The molecule has 112 valence electrons. The number of likely N-dealkylation sites (tertiary alicyclic amines) is 1. The quantitative estimate of drug-likeness (QED) is 0.939. The van der Waals surface area contributed by atoms with Crippen molar-refractivity contribution >= 4 is 5.69 Å². The summed E-state index contributed by atoms with van der Waals surface area (Å²) in [6, 6.07) is 7.02. The number of rotatable bonds is 4. The van der Waals surface area contributed by atoms with E-state index in [1.807, 2.05) is 17.9 Å². The lowest BCUT2D eigenvalue weighted by molar-refractivity contribution is 0.208. The summed E-state index contributed by atoms with van der Waals surface area (Å²) in [5.41, 5.74) is 2.24. The van der Waals surface area contributed by atoms with Crippen LogP contribution in [0.2, 0.25) is 0 Å². The Hall–Kier alpha value is -1.88. The van der Waals surface area contributed by atoms with Gasteiger partial charge in [-0.2, -0.15) is 5.10 Å². The van der Waals surface area contributed by atoms with E-state index in [1.54, 1.807) is 12.1 Å². The first-order chi connectivity index (χ1) is 10.2. The Morgan fingerprint density at radius 2 is 2.14 bits per heavy atom. The van der Waals surface area contributed by atoms with Crippen molar-refractivity contribution in [3.8, 4) is 0 Å². The highest BCUT2D eigenvalue weighted by Crippen LogP contribution is 2.18. The number of aryl methyl sites for hydroxylation is 1. The lowest BCUT2D eigenvalue weighted by Crippen LogP contribution is -2.41. The van der Waals surface area contributed by atoms with Crippen molar-refractivity contribution in [3.05, 3.63) is 48.0 Å². The minimum Gasteiger partial charge on any atom is -0.381 e. The number of hydrogen-bond donors (Lipinski definition) is 1. The Labute approximate surface area is 124 Å². The summed E-state index contributed by atoms with van der Waals surface area (Å²) in [6.45, 7) is 3.07. The molecule has 3 rings (SSSR count). The predicted molar refractivity (Wildman–Crippen MR) is 81.5 cm³/mol. The summed E-state index contributed by atoms with van der Waals surface area (Å²) in [5, 5.41) is 7.72. The molecule has 21 heavy (non-hydrogen) atoms. The maximum atomic E-state index is 12.9. The number of halogens is 1. The molecule has 2 aromatic rings. The molecule has 5 heteroatoms. The third kappa shape index (κ3) is 3.82. The van der Waals surface area contributed by atoms with Crippen molar-refractivity contribution < 1.29 is 4.39 Å². The van der Waals surface area contributed by atoms with Crippen molar-refractivity contribution in [2.45, 2.75) is 25.4 Å². The number of hydrogen-bond acceptors (Lipinski definition) is 3. The molecule has 1 saturated heterocycles. The van der Waals surface area contributed by atoms with Crippen molar-refractivity contribution in [2.75, 3.05) is 18.4 Å². The van der Waals surface area contributed by atoms with Gasteiger partial charge in [-0.1, -0.05) is 0 Å². The van der Waals surface area contributed by atoms with E-state index >= 15 is 0 Å². The molecule has 0 bridgehead atoms. The smallest absolute Gasteiger partial charge is 0.123 e. The van der Waals surface area contributed by atoms with E-state index in [1.165, 1.54) is 24.1 Å². The van der Waals surface area contributed by atoms with Gasteiger partial charge in [-0.25, -0.2) is 4.39 Å². The molecule has 0 amide bonds. The molecular formula is C16H21FN4. The number of piperidine rings is 1. The molecule has 1 aliphatic heterocycles. The summed E-state index contributed by atoms with van der Waals surface area (Å²) in [6.07, 6.45) is 6.33. The first kappa shape index (κ1) is 14.1. The second-order valence-electron chi connectivity index (χ2n) is 5.75. The molecule has 0 spiro atoms. The van der Waals surface area contributed by atoms with Crippen LogP contribution in [0.15, 0.2) is 36.7 Å². The second-order valence-corrected chi connectivity index (χ2v) is 5.75. The first-order valence-corrected chi connectivity index (χ1v) is 7.41. The molecule has 0 aliphatic carbocycles. The fourth-order valence-corrected chi connectivity index (χ4v) is 2.91. The number of nitrogens with zero attached hydrogens (tertiary/aromatic N) is 3. The van der Waals surface area contributed by atoms with Gasteiger partial charge in [0.1, 0.15) is 5.82 Å². The Morgan fingerprint density at radius 1 is 1.33 bits per heavy atom. The zero-order valence-corrected chi connectivity index (χ0v) is 12.3. The molecule has 4 nitrogen and oxygen atoms in total. The molecule has 1 aliphatic rings. The van der Waals surface area contributed by atoms with Gasteiger partial charge in [0.05, 0.1) is 6.20 Å². The van der Waals surface area contributed by atoms with Crippen LogP contribution < -0.4 is 5.32 Å². The van der Waals surface area contributed by atoms with Crippen LogP contribution in [-0.4, -0.2) is 33.8 Å². The Kier molecular flexibility index (Phi) is 4.20. The molecule has 1 aromatic carbocycles. The second kappa shape index (κ2) is 6.26. The maximum absolute atomic E-state index is 12.9. The molecule has 1 atom stereocenters. The van der Waals surface area contributed by atoms with Gasteiger partial charge in [-0.3, -0.25) is 9.58 Å². The highest BCUT2D eigenvalue weighted by Gasteiger charge is 2.20. The lowest BCUT2D eigenvalue weighted by Gasteiger charge is -2.33. The molecule has 1 N–H and O–H groups in total. The summed E-state index contributed by atoms with van der Waals surface area (Å²) in [7, 11) is 1.94. The summed E-state index contributed by atoms with van der Waals surface area (Å²) in [4.78, 5) is 2.45. The topological polar surface area (TPSA) is 33.1 Å². The fraction of sp³-hybridized carbons (Fsp3) is 0.438. The van der Waals surface area contributed by atoms with Gasteiger partial charge in [-0.15, -0.1) is 0 Å². The third-order valence-corrected chi connectivity index (χ3v) is 3.89. The van der Waals surface area contributed by atoms with E-state index in [2.05, 4.69) is 21.5 Å². The molecule has 0 radical (unpaired) electrons. The van der Waals surface area contributed by atoms with Gasteiger partial charge in [0.2, 0.25) is 0 Å². The van der Waals surface area contributed by atoms with Crippen molar-refractivity contribution in [3.63, 3.8) is 0 Å². The molecular weight excluding hydrogens is 267 g/mol. The number of anilines is 1. The molecule has 1 aromatic heterocycles. The van der Waals surface area contributed by atoms with Gasteiger partial charge in [0.25, 0.3) is 0 Å². The highest BCUT2D eigenvalue weighted by atomic mass is 19.1. The van der Waals surface area contributed by atoms with Crippen LogP contribution in [0.4, 0.5) is 10.1 Å². The van der Waals surface area contributed by atoms with E-state index in [4.69, 9.17) is 0 Å². The van der Waals surface area contributed by atoms with Gasteiger partial charge < -0.3 is 5.32 Å². The molecule has 1 fully saturated rings.